The first-order valence-electron chi connectivity index (χ1n) is 6.65. The SMILES string of the molecule is COc1cc(O)cc2oc(-c3ccc(O)cc3)c(C)c(=O)c12. The highest BCUT2D eigenvalue weighted by molar-refractivity contribution is 5.87. The van der Waals surface area contributed by atoms with Crippen molar-refractivity contribution < 1.29 is 19.4 Å². The van der Waals surface area contributed by atoms with E-state index in [1.165, 1.54) is 31.4 Å². The summed E-state index contributed by atoms with van der Waals surface area (Å²) in [5.74, 6) is 0.742. The number of fused-ring (bicyclic) bond motifs is 1. The van der Waals surface area contributed by atoms with Crippen LogP contribution in [0.4, 0.5) is 0 Å². The molecule has 0 aliphatic heterocycles. The summed E-state index contributed by atoms with van der Waals surface area (Å²) >= 11 is 0. The highest BCUT2D eigenvalue weighted by Crippen LogP contribution is 2.33. The molecule has 2 N–H and O–H groups in total. The summed E-state index contributed by atoms with van der Waals surface area (Å²) in [5.41, 5.74) is 1.12. The highest BCUT2D eigenvalue weighted by Gasteiger charge is 2.17. The van der Waals surface area contributed by atoms with Gasteiger partial charge in [0.1, 0.15) is 34.0 Å². The van der Waals surface area contributed by atoms with E-state index in [1.54, 1.807) is 19.1 Å². The van der Waals surface area contributed by atoms with Crippen LogP contribution in [0, 0.1) is 6.92 Å². The zero-order valence-corrected chi connectivity index (χ0v) is 12.1. The molecule has 0 bridgehead atoms. The smallest absolute Gasteiger partial charge is 0.199 e. The second-order valence-corrected chi connectivity index (χ2v) is 4.95. The highest BCUT2D eigenvalue weighted by atomic mass is 16.5. The van der Waals surface area contributed by atoms with Crippen molar-refractivity contribution in [3.8, 4) is 28.6 Å². The maximum atomic E-state index is 12.6. The normalized spacial score (nSPS) is 10.8. The topological polar surface area (TPSA) is 79.9 Å². The average Bonchev–Trinajstić information content (AvgIpc) is 2.50. The fourth-order valence-corrected chi connectivity index (χ4v) is 2.41. The molecular weight excluding hydrogens is 284 g/mol. The van der Waals surface area contributed by atoms with Gasteiger partial charge in [0.2, 0.25) is 0 Å². The van der Waals surface area contributed by atoms with Crippen molar-refractivity contribution in [3.05, 3.63) is 52.2 Å². The lowest BCUT2D eigenvalue weighted by atomic mass is 10.1. The van der Waals surface area contributed by atoms with Crippen LogP contribution in [0.3, 0.4) is 0 Å². The van der Waals surface area contributed by atoms with Gasteiger partial charge in [0.05, 0.1) is 7.11 Å². The van der Waals surface area contributed by atoms with Crippen molar-refractivity contribution in [3.63, 3.8) is 0 Å². The molecule has 0 unspecified atom stereocenters. The van der Waals surface area contributed by atoms with Crippen LogP contribution in [0.25, 0.3) is 22.3 Å². The molecule has 0 atom stereocenters. The van der Waals surface area contributed by atoms with Crippen LogP contribution >= 0.6 is 0 Å². The minimum Gasteiger partial charge on any atom is -0.508 e. The number of phenolic OH excluding ortho intramolecular Hbond substituents is 2. The summed E-state index contributed by atoms with van der Waals surface area (Å²) in [5, 5.41) is 19.4. The van der Waals surface area contributed by atoms with E-state index in [0.717, 1.165) is 0 Å². The Morgan fingerprint density at radius 2 is 1.73 bits per heavy atom. The molecule has 0 saturated heterocycles. The Hall–Kier alpha value is -2.95. The van der Waals surface area contributed by atoms with Gasteiger partial charge in [0.25, 0.3) is 0 Å². The Morgan fingerprint density at radius 3 is 2.36 bits per heavy atom. The van der Waals surface area contributed by atoms with Gasteiger partial charge in [-0.05, 0) is 31.2 Å². The van der Waals surface area contributed by atoms with Crippen molar-refractivity contribution in [2.24, 2.45) is 0 Å². The first-order chi connectivity index (χ1) is 10.5. The molecule has 0 radical (unpaired) electrons. The summed E-state index contributed by atoms with van der Waals surface area (Å²) in [7, 11) is 1.43. The van der Waals surface area contributed by atoms with Crippen LogP contribution in [0.2, 0.25) is 0 Å². The second-order valence-electron chi connectivity index (χ2n) is 4.95. The Morgan fingerprint density at radius 1 is 1.05 bits per heavy atom. The zero-order chi connectivity index (χ0) is 15.9. The molecular formula is C17H14O5. The lowest BCUT2D eigenvalue weighted by molar-refractivity contribution is 0.411. The van der Waals surface area contributed by atoms with Crippen LogP contribution < -0.4 is 10.2 Å². The Labute approximate surface area is 126 Å². The number of benzene rings is 2. The largest absolute Gasteiger partial charge is 0.508 e. The van der Waals surface area contributed by atoms with E-state index >= 15 is 0 Å². The first-order valence-corrected chi connectivity index (χ1v) is 6.65. The van der Waals surface area contributed by atoms with Crippen molar-refractivity contribution >= 4 is 11.0 Å². The quantitative estimate of drug-likeness (QED) is 0.759. The number of hydrogen-bond acceptors (Lipinski definition) is 5. The second kappa shape index (κ2) is 5.11. The minimum atomic E-state index is -0.221. The standard InChI is InChI=1S/C17H14O5/c1-9-16(20)15-13(21-2)7-12(19)8-14(15)22-17(9)10-3-5-11(18)6-4-10/h3-8,18-19H,1-2H3. The van der Waals surface area contributed by atoms with Crippen LogP contribution in [-0.2, 0) is 0 Å². The number of rotatable bonds is 2. The minimum absolute atomic E-state index is 0.0481. The van der Waals surface area contributed by atoms with Crippen LogP contribution in [-0.4, -0.2) is 17.3 Å². The number of aromatic hydroxyl groups is 2. The van der Waals surface area contributed by atoms with E-state index in [-0.39, 0.29) is 28.3 Å². The van der Waals surface area contributed by atoms with Crippen molar-refractivity contribution in [1.82, 2.24) is 0 Å². The predicted molar refractivity (Wildman–Crippen MR) is 82.5 cm³/mol. The van der Waals surface area contributed by atoms with Gasteiger partial charge in [-0.2, -0.15) is 0 Å². The maximum Gasteiger partial charge on any atom is 0.199 e. The van der Waals surface area contributed by atoms with Crippen molar-refractivity contribution in [2.75, 3.05) is 7.11 Å². The van der Waals surface area contributed by atoms with E-state index in [2.05, 4.69) is 0 Å². The molecule has 0 aliphatic rings. The molecule has 0 amide bonds. The first kappa shape index (κ1) is 14.0. The van der Waals surface area contributed by atoms with Gasteiger partial charge in [-0.25, -0.2) is 0 Å². The van der Waals surface area contributed by atoms with Crippen molar-refractivity contribution in [1.29, 1.82) is 0 Å². The van der Waals surface area contributed by atoms with Gasteiger partial charge in [0, 0.05) is 23.3 Å². The van der Waals surface area contributed by atoms with Crippen molar-refractivity contribution in [2.45, 2.75) is 6.92 Å². The van der Waals surface area contributed by atoms with Crippen LogP contribution in [0.5, 0.6) is 17.2 Å². The van der Waals surface area contributed by atoms with E-state index in [1.807, 2.05) is 0 Å². The number of ether oxygens (including phenoxy) is 1. The number of hydrogen-bond donors (Lipinski definition) is 2. The summed E-state index contributed by atoms with van der Waals surface area (Å²) in [4.78, 5) is 12.6. The molecule has 5 heteroatoms. The lowest BCUT2D eigenvalue weighted by Crippen LogP contribution is -2.08. The van der Waals surface area contributed by atoms with E-state index in [4.69, 9.17) is 9.15 Å². The van der Waals surface area contributed by atoms with Gasteiger partial charge in [0.15, 0.2) is 5.43 Å². The molecule has 0 aliphatic carbocycles. The monoisotopic (exact) mass is 298 g/mol. The number of methoxy groups -OCH3 is 1. The molecule has 0 spiro atoms. The third kappa shape index (κ3) is 2.16. The summed E-state index contributed by atoms with van der Waals surface area (Å²) in [6, 6.07) is 9.10. The Balaban J connectivity index is 2.37. The Bertz CT molecular complexity index is 907. The molecule has 1 heterocycles. The molecule has 22 heavy (non-hydrogen) atoms. The average molecular weight is 298 g/mol. The van der Waals surface area contributed by atoms with E-state index in [9.17, 15) is 15.0 Å². The summed E-state index contributed by atoms with van der Waals surface area (Å²) < 4.78 is 11.0. The van der Waals surface area contributed by atoms with Gasteiger partial charge < -0.3 is 19.4 Å². The molecule has 112 valence electrons. The van der Waals surface area contributed by atoms with E-state index in [0.29, 0.717) is 22.3 Å². The van der Waals surface area contributed by atoms with Gasteiger partial charge in [-0.3, -0.25) is 4.79 Å². The van der Waals surface area contributed by atoms with Gasteiger partial charge >= 0.3 is 0 Å². The van der Waals surface area contributed by atoms with Gasteiger partial charge in [-0.15, -0.1) is 0 Å². The molecule has 0 fully saturated rings. The third-order valence-corrected chi connectivity index (χ3v) is 3.52. The lowest BCUT2D eigenvalue weighted by Gasteiger charge is -2.10. The van der Waals surface area contributed by atoms with Crippen LogP contribution in [0.15, 0.2) is 45.6 Å². The third-order valence-electron chi connectivity index (χ3n) is 3.52. The molecule has 1 aromatic heterocycles. The molecule has 5 nitrogen and oxygen atoms in total. The molecule has 2 aromatic carbocycles. The fraction of sp³-hybridized carbons (Fsp3) is 0.118. The van der Waals surface area contributed by atoms with Gasteiger partial charge in [-0.1, -0.05) is 0 Å². The summed E-state index contributed by atoms with van der Waals surface area (Å²) in [6.07, 6.45) is 0. The molecule has 3 aromatic rings. The predicted octanol–water partition coefficient (Wildman–Crippen LogP) is 3.19. The fourth-order valence-electron chi connectivity index (χ4n) is 2.41. The molecule has 0 saturated carbocycles. The molecule has 3 rings (SSSR count). The Kier molecular flexibility index (Phi) is 3.25. The van der Waals surface area contributed by atoms with Crippen LogP contribution in [0.1, 0.15) is 5.56 Å². The van der Waals surface area contributed by atoms with E-state index < -0.39 is 0 Å². The zero-order valence-electron chi connectivity index (χ0n) is 12.1. The maximum absolute atomic E-state index is 12.6. The summed E-state index contributed by atoms with van der Waals surface area (Å²) in [6.45, 7) is 1.67. The number of phenols is 2.